The fourth-order valence-corrected chi connectivity index (χ4v) is 3.86. The lowest BCUT2D eigenvalue weighted by atomic mass is 9.92. The number of hydrogen-bond acceptors (Lipinski definition) is 8. The molecule has 2 fully saturated rings. The maximum Gasteiger partial charge on any atom is 0.256 e. The number of carbonyl (C=O) groups excluding carboxylic acids is 1. The second kappa shape index (κ2) is 8.62. The Morgan fingerprint density at radius 3 is 2.81 bits per heavy atom. The first-order valence-corrected chi connectivity index (χ1v) is 10.9. The van der Waals surface area contributed by atoms with E-state index in [0.29, 0.717) is 34.4 Å². The highest BCUT2D eigenvalue weighted by molar-refractivity contribution is 6.00. The number of methoxy groups -OCH3 is 1. The molecule has 2 aliphatic carbocycles. The summed E-state index contributed by atoms with van der Waals surface area (Å²) < 4.78 is 13.0. The Morgan fingerprint density at radius 1 is 1.25 bits per heavy atom. The van der Waals surface area contributed by atoms with E-state index in [4.69, 9.17) is 9.47 Å². The Balaban J connectivity index is 1.41. The van der Waals surface area contributed by atoms with E-state index in [1.54, 1.807) is 31.1 Å². The zero-order valence-electron chi connectivity index (χ0n) is 18.2. The quantitative estimate of drug-likeness (QED) is 0.493. The van der Waals surface area contributed by atoms with Gasteiger partial charge in [-0.2, -0.15) is 9.61 Å². The number of amides is 1. The predicted molar refractivity (Wildman–Crippen MR) is 120 cm³/mol. The highest BCUT2D eigenvalue weighted by Crippen LogP contribution is 2.32. The molecule has 10 nitrogen and oxygen atoms in total. The molecule has 10 heteroatoms. The number of aromatic nitrogens is 4. The van der Waals surface area contributed by atoms with Crippen LogP contribution in [0.2, 0.25) is 0 Å². The van der Waals surface area contributed by atoms with E-state index in [9.17, 15) is 4.79 Å². The molecule has 0 unspecified atom stereocenters. The van der Waals surface area contributed by atoms with Crippen LogP contribution in [0.5, 0.6) is 5.88 Å². The number of carbonyl (C=O) groups is 1. The molecular formula is C22H27N7O3. The van der Waals surface area contributed by atoms with Crippen molar-refractivity contribution in [1.29, 1.82) is 0 Å². The number of fused-ring (bicyclic) bond motifs is 1. The summed E-state index contributed by atoms with van der Waals surface area (Å²) in [6.45, 7) is 0. The van der Waals surface area contributed by atoms with E-state index in [1.807, 2.05) is 18.2 Å². The number of anilines is 3. The fraction of sp³-hybridized carbons (Fsp3) is 0.455. The fourth-order valence-electron chi connectivity index (χ4n) is 3.86. The number of pyridine rings is 1. The molecule has 0 atom stereocenters. The van der Waals surface area contributed by atoms with E-state index < -0.39 is 0 Å². The molecule has 3 aromatic rings. The summed E-state index contributed by atoms with van der Waals surface area (Å²) in [5.74, 6) is 1.62. The van der Waals surface area contributed by atoms with Crippen molar-refractivity contribution in [3.8, 4) is 5.88 Å². The van der Waals surface area contributed by atoms with Crippen LogP contribution in [0.25, 0.3) is 5.65 Å². The highest BCUT2D eigenvalue weighted by Gasteiger charge is 2.31. The van der Waals surface area contributed by atoms with Crippen LogP contribution >= 0.6 is 0 Å². The van der Waals surface area contributed by atoms with Gasteiger partial charge in [-0.15, -0.1) is 0 Å². The summed E-state index contributed by atoms with van der Waals surface area (Å²) in [4.78, 5) is 21.8. The van der Waals surface area contributed by atoms with Crippen molar-refractivity contribution in [3.63, 3.8) is 0 Å². The van der Waals surface area contributed by atoms with Crippen LogP contribution in [-0.4, -0.2) is 57.9 Å². The van der Waals surface area contributed by atoms with Crippen LogP contribution < -0.4 is 20.7 Å². The molecular weight excluding hydrogens is 410 g/mol. The molecule has 1 amide bonds. The average molecular weight is 438 g/mol. The Hall–Kier alpha value is -3.40. The Bertz CT molecular complexity index is 1120. The second-order valence-corrected chi connectivity index (χ2v) is 8.22. The van der Waals surface area contributed by atoms with E-state index >= 15 is 0 Å². The topological polar surface area (TPSA) is 115 Å². The minimum atomic E-state index is -0.153. The smallest absolute Gasteiger partial charge is 0.256 e. The lowest BCUT2D eigenvalue weighted by molar-refractivity contribution is -0.0393. The second-order valence-electron chi connectivity index (χ2n) is 8.22. The lowest BCUT2D eigenvalue weighted by Crippen LogP contribution is -2.39. The SMILES string of the molecule is CNc1cc(Nc2cccnc2OC2CC(OC)C2)nc2c(C(=O)NC3CCC3)cnn12. The van der Waals surface area contributed by atoms with Crippen LogP contribution in [0, 0.1) is 0 Å². The lowest BCUT2D eigenvalue weighted by Gasteiger charge is -2.34. The molecule has 2 aliphatic rings. The normalized spacial score (nSPS) is 20.3. The third-order valence-corrected chi connectivity index (χ3v) is 6.11. The molecule has 0 radical (unpaired) electrons. The summed E-state index contributed by atoms with van der Waals surface area (Å²) in [6, 6.07) is 5.79. The molecule has 0 aromatic carbocycles. The van der Waals surface area contributed by atoms with Crippen LogP contribution in [0.3, 0.4) is 0 Å². The van der Waals surface area contributed by atoms with Gasteiger partial charge in [-0.25, -0.2) is 9.97 Å². The molecule has 3 N–H and O–H groups in total. The van der Waals surface area contributed by atoms with Gasteiger partial charge >= 0.3 is 0 Å². The first-order valence-electron chi connectivity index (χ1n) is 10.9. The number of nitrogens with zero attached hydrogens (tertiary/aromatic N) is 4. The Labute approximate surface area is 185 Å². The molecule has 3 heterocycles. The van der Waals surface area contributed by atoms with Gasteiger partial charge in [-0.1, -0.05) is 0 Å². The van der Waals surface area contributed by atoms with Crippen molar-refractivity contribution >= 4 is 28.9 Å². The molecule has 0 spiro atoms. The van der Waals surface area contributed by atoms with Gasteiger partial charge in [0, 0.05) is 45.3 Å². The van der Waals surface area contributed by atoms with Crippen molar-refractivity contribution < 1.29 is 14.3 Å². The minimum Gasteiger partial charge on any atom is -0.473 e. The van der Waals surface area contributed by atoms with Crippen LogP contribution in [-0.2, 0) is 4.74 Å². The molecule has 0 aliphatic heterocycles. The first kappa shape index (κ1) is 20.5. The zero-order chi connectivity index (χ0) is 22.1. The van der Waals surface area contributed by atoms with Crippen LogP contribution in [0.1, 0.15) is 42.5 Å². The summed E-state index contributed by atoms with van der Waals surface area (Å²) in [5, 5.41) is 13.8. The van der Waals surface area contributed by atoms with Gasteiger partial charge in [-0.3, -0.25) is 4.79 Å². The van der Waals surface area contributed by atoms with E-state index in [2.05, 4.69) is 31.0 Å². The maximum absolute atomic E-state index is 12.8. The van der Waals surface area contributed by atoms with Gasteiger partial charge < -0.3 is 25.4 Å². The van der Waals surface area contributed by atoms with Crippen molar-refractivity contribution in [3.05, 3.63) is 36.2 Å². The summed E-state index contributed by atoms with van der Waals surface area (Å²) in [7, 11) is 3.52. The molecule has 3 aromatic heterocycles. The van der Waals surface area contributed by atoms with Gasteiger partial charge in [-0.05, 0) is 31.4 Å². The summed E-state index contributed by atoms with van der Waals surface area (Å²) in [5.41, 5.74) is 1.62. The Kier molecular flexibility index (Phi) is 5.52. The van der Waals surface area contributed by atoms with Gasteiger partial charge in [0.15, 0.2) is 5.65 Å². The van der Waals surface area contributed by atoms with E-state index in [1.165, 1.54) is 0 Å². The van der Waals surface area contributed by atoms with Crippen molar-refractivity contribution in [2.75, 3.05) is 24.8 Å². The summed E-state index contributed by atoms with van der Waals surface area (Å²) in [6.07, 6.45) is 8.45. The third kappa shape index (κ3) is 3.93. The van der Waals surface area contributed by atoms with Gasteiger partial charge in [0.25, 0.3) is 5.91 Å². The third-order valence-electron chi connectivity index (χ3n) is 6.11. The largest absolute Gasteiger partial charge is 0.473 e. The van der Waals surface area contributed by atoms with Gasteiger partial charge in [0.2, 0.25) is 5.88 Å². The van der Waals surface area contributed by atoms with Crippen molar-refractivity contribution in [2.24, 2.45) is 0 Å². The molecule has 32 heavy (non-hydrogen) atoms. The number of hydrogen-bond donors (Lipinski definition) is 3. The van der Waals surface area contributed by atoms with Gasteiger partial charge in [0.05, 0.1) is 12.3 Å². The van der Waals surface area contributed by atoms with E-state index in [0.717, 1.165) is 32.1 Å². The Morgan fingerprint density at radius 2 is 2.09 bits per heavy atom. The summed E-state index contributed by atoms with van der Waals surface area (Å²) >= 11 is 0. The monoisotopic (exact) mass is 437 g/mol. The molecule has 0 bridgehead atoms. The van der Waals surface area contributed by atoms with E-state index in [-0.39, 0.29) is 24.2 Å². The first-order chi connectivity index (χ1) is 15.6. The molecule has 168 valence electrons. The predicted octanol–water partition coefficient (Wildman–Crippen LogP) is 2.75. The average Bonchev–Trinajstić information content (AvgIpc) is 3.17. The van der Waals surface area contributed by atoms with Crippen molar-refractivity contribution in [1.82, 2.24) is 24.9 Å². The van der Waals surface area contributed by atoms with Gasteiger partial charge in [0.1, 0.15) is 29.0 Å². The molecule has 5 rings (SSSR count). The van der Waals surface area contributed by atoms with Crippen LogP contribution in [0.15, 0.2) is 30.6 Å². The highest BCUT2D eigenvalue weighted by atomic mass is 16.5. The van der Waals surface area contributed by atoms with Crippen molar-refractivity contribution in [2.45, 2.75) is 50.4 Å². The number of nitrogens with one attached hydrogen (secondary N) is 3. The number of rotatable bonds is 8. The molecule has 2 saturated carbocycles. The molecule has 0 saturated heterocycles. The standard InChI is InChI=1S/C22H27N7O3/c1-23-19-11-18(27-17-7-4-8-24-22(17)32-15-9-14(10-15)31-2)28-20-16(12-25-29(19)20)21(30)26-13-5-3-6-13/h4,7-8,11-15,23H,3,5-6,9-10H2,1-2H3,(H,26,30)(H,27,28). The zero-order valence-corrected chi connectivity index (χ0v) is 18.2. The minimum absolute atomic E-state index is 0.0790. The maximum atomic E-state index is 12.8. The number of ether oxygens (including phenoxy) is 2. The van der Waals surface area contributed by atoms with Crippen LogP contribution in [0.4, 0.5) is 17.3 Å².